The third-order valence-electron chi connectivity index (χ3n) is 4.30. The molecule has 0 bridgehead atoms. The SMILES string of the molecule is CNS(=O)(=O)c1ccc(N)c(N2CCN(C3CC3)CC2)c1. The summed E-state index contributed by atoms with van der Waals surface area (Å²) in [7, 11) is -2.02. The second kappa shape index (κ2) is 5.47. The van der Waals surface area contributed by atoms with Crippen LogP contribution in [0.15, 0.2) is 23.1 Å². The fraction of sp³-hybridized carbons (Fsp3) is 0.571. The molecule has 0 unspecified atom stereocenters. The summed E-state index contributed by atoms with van der Waals surface area (Å²) in [6.07, 6.45) is 2.63. The summed E-state index contributed by atoms with van der Waals surface area (Å²) in [6, 6.07) is 5.67. The maximum absolute atomic E-state index is 11.9. The molecule has 1 aromatic rings. The van der Waals surface area contributed by atoms with E-state index in [0.717, 1.165) is 37.9 Å². The summed E-state index contributed by atoms with van der Waals surface area (Å²) in [5.41, 5.74) is 7.49. The highest BCUT2D eigenvalue weighted by Gasteiger charge is 2.31. The Balaban J connectivity index is 1.80. The molecule has 2 aliphatic rings. The summed E-state index contributed by atoms with van der Waals surface area (Å²) in [6.45, 7) is 3.83. The second-order valence-electron chi connectivity index (χ2n) is 5.68. The lowest BCUT2D eigenvalue weighted by Crippen LogP contribution is -2.47. The molecule has 0 amide bonds. The third-order valence-corrected chi connectivity index (χ3v) is 5.71. The Morgan fingerprint density at radius 1 is 1.19 bits per heavy atom. The van der Waals surface area contributed by atoms with Crippen molar-refractivity contribution in [3.8, 4) is 0 Å². The first-order chi connectivity index (χ1) is 10.0. The molecule has 3 N–H and O–H groups in total. The molecule has 1 aromatic carbocycles. The zero-order chi connectivity index (χ0) is 15.0. The number of hydrogen-bond donors (Lipinski definition) is 2. The largest absolute Gasteiger partial charge is 0.397 e. The molecule has 1 saturated carbocycles. The quantitative estimate of drug-likeness (QED) is 0.790. The van der Waals surface area contributed by atoms with Crippen molar-refractivity contribution < 1.29 is 8.42 Å². The molecule has 116 valence electrons. The monoisotopic (exact) mass is 310 g/mol. The number of nitrogens with one attached hydrogen (secondary N) is 1. The molecule has 0 radical (unpaired) electrons. The van der Waals surface area contributed by atoms with E-state index in [4.69, 9.17) is 5.73 Å². The number of hydrogen-bond acceptors (Lipinski definition) is 5. The topological polar surface area (TPSA) is 78.7 Å². The van der Waals surface area contributed by atoms with Gasteiger partial charge in [-0.2, -0.15) is 0 Å². The summed E-state index contributed by atoms with van der Waals surface area (Å²) >= 11 is 0. The Hall–Kier alpha value is -1.31. The number of benzene rings is 1. The molecular formula is C14H22N4O2S. The van der Waals surface area contributed by atoms with Gasteiger partial charge < -0.3 is 10.6 Å². The summed E-state index contributed by atoms with van der Waals surface area (Å²) < 4.78 is 26.2. The van der Waals surface area contributed by atoms with Gasteiger partial charge in [0.05, 0.1) is 16.3 Å². The maximum atomic E-state index is 11.9. The first-order valence-corrected chi connectivity index (χ1v) is 8.81. The predicted octanol–water partition coefficient (Wildman–Crippen LogP) is 0.461. The van der Waals surface area contributed by atoms with Gasteiger partial charge in [0.15, 0.2) is 0 Å². The molecule has 1 aliphatic carbocycles. The van der Waals surface area contributed by atoms with E-state index in [-0.39, 0.29) is 4.90 Å². The highest BCUT2D eigenvalue weighted by Crippen LogP contribution is 2.31. The van der Waals surface area contributed by atoms with E-state index < -0.39 is 10.0 Å². The lowest BCUT2D eigenvalue weighted by molar-refractivity contribution is 0.248. The summed E-state index contributed by atoms with van der Waals surface area (Å²) in [4.78, 5) is 4.96. The van der Waals surface area contributed by atoms with E-state index >= 15 is 0 Å². The zero-order valence-corrected chi connectivity index (χ0v) is 13.1. The number of piperazine rings is 1. The van der Waals surface area contributed by atoms with Gasteiger partial charge in [-0.15, -0.1) is 0 Å². The van der Waals surface area contributed by atoms with Crippen molar-refractivity contribution in [3.63, 3.8) is 0 Å². The van der Waals surface area contributed by atoms with Gasteiger partial charge in [0, 0.05) is 32.2 Å². The highest BCUT2D eigenvalue weighted by molar-refractivity contribution is 7.89. The normalized spacial score (nSPS) is 20.7. The Bertz CT molecular complexity index is 620. The van der Waals surface area contributed by atoms with Crippen LogP contribution in [0.3, 0.4) is 0 Å². The van der Waals surface area contributed by atoms with E-state index in [0.29, 0.717) is 5.69 Å². The molecule has 3 rings (SSSR count). The molecule has 7 heteroatoms. The average Bonchev–Trinajstić information content (AvgIpc) is 3.32. The van der Waals surface area contributed by atoms with E-state index in [1.807, 2.05) is 0 Å². The van der Waals surface area contributed by atoms with Gasteiger partial charge in [-0.3, -0.25) is 4.90 Å². The molecular weight excluding hydrogens is 288 g/mol. The van der Waals surface area contributed by atoms with Crippen LogP contribution in [0.4, 0.5) is 11.4 Å². The van der Waals surface area contributed by atoms with Crippen molar-refractivity contribution in [2.24, 2.45) is 0 Å². The molecule has 21 heavy (non-hydrogen) atoms. The smallest absolute Gasteiger partial charge is 0.240 e. The first-order valence-electron chi connectivity index (χ1n) is 7.33. The van der Waals surface area contributed by atoms with Gasteiger partial charge in [-0.05, 0) is 38.1 Å². The molecule has 1 heterocycles. The minimum atomic E-state index is -3.43. The standard InChI is InChI=1S/C14H22N4O2S/c1-16-21(19,20)12-4-5-13(15)14(10-12)18-8-6-17(7-9-18)11-2-3-11/h4-5,10-11,16H,2-3,6-9,15H2,1H3. The van der Waals surface area contributed by atoms with Crippen LogP contribution < -0.4 is 15.4 Å². The van der Waals surface area contributed by atoms with Crippen LogP contribution in [0.1, 0.15) is 12.8 Å². The molecule has 0 atom stereocenters. The number of nitrogens with zero attached hydrogens (tertiary/aromatic N) is 2. The Morgan fingerprint density at radius 3 is 2.43 bits per heavy atom. The fourth-order valence-electron chi connectivity index (χ4n) is 2.85. The lowest BCUT2D eigenvalue weighted by atomic mass is 10.2. The predicted molar refractivity (Wildman–Crippen MR) is 83.9 cm³/mol. The highest BCUT2D eigenvalue weighted by atomic mass is 32.2. The van der Waals surface area contributed by atoms with E-state index in [1.54, 1.807) is 18.2 Å². The van der Waals surface area contributed by atoms with Crippen LogP contribution in [0.5, 0.6) is 0 Å². The molecule has 2 fully saturated rings. The van der Waals surface area contributed by atoms with Crippen molar-refractivity contribution in [2.75, 3.05) is 43.9 Å². The molecule has 1 aliphatic heterocycles. The van der Waals surface area contributed by atoms with Crippen LogP contribution in [0, 0.1) is 0 Å². The lowest BCUT2D eigenvalue weighted by Gasteiger charge is -2.36. The number of nitrogen functional groups attached to an aromatic ring is 1. The van der Waals surface area contributed by atoms with Gasteiger partial charge in [0.2, 0.25) is 10.0 Å². The minimum absolute atomic E-state index is 0.263. The van der Waals surface area contributed by atoms with E-state index in [9.17, 15) is 8.42 Å². The van der Waals surface area contributed by atoms with E-state index in [1.165, 1.54) is 19.9 Å². The Labute approximate surface area is 126 Å². The Morgan fingerprint density at radius 2 is 1.86 bits per heavy atom. The van der Waals surface area contributed by atoms with Gasteiger partial charge in [0.25, 0.3) is 0 Å². The van der Waals surface area contributed by atoms with Gasteiger partial charge in [-0.25, -0.2) is 13.1 Å². The van der Waals surface area contributed by atoms with Crippen LogP contribution in [0.25, 0.3) is 0 Å². The minimum Gasteiger partial charge on any atom is -0.397 e. The Kier molecular flexibility index (Phi) is 3.81. The number of rotatable bonds is 4. The fourth-order valence-corrected chi connectivity index (χ4v) is 3.60. The van der Waals surface area contributed by atoms with Gasteiger partial charge in [0.1, 0.15) is 0 Å². The van der Waals surface area contributed by atoms with Crippen LogP contribution in [-0.2, 0) is 10.0 Å². The van der Waals surface area contributed by atoms with Crippen LogP contribution in [-0.4, -0.2) is 52.6 Å². The third kappa shape index (κ3) is 3.00. The summed E-state index contributed by atoms with van der Waals surface area (Å²) in [5, 5.41) is 0. The second-order valence-corrected chi connectivity index (χ2v) is 7.57. The van der Waals surface area contributed by atoms with Crippen LogP contribution >= 0.6 is 0 Å². The first kappa shape index (κ1) is 14.6. The number of nitrogens with two attached hydrogens (primary N) is 1. The molecule has 0 aromatic heterocycles. The molecule has 1 saturated heterocycles. The van der Waals surface area contributed by atoms with Crippen molar-refractivity contribution in [1.82, 2.24) is 9.62 Å². The summed E-state index contributed by atoms with van der Waals surface area (Å²) in [5.74, 6) is 0. The maximum Gasteiger partial charge on any atom is 0.240 e. The van der Waals surface area contributed by atoms with E-state index in [2.05, 4.69) is 14.5 Å². The van der Waals surface area contributed by atoms with Crippen molar-refractivity contribution >= 4 is 21.4 Å². The van der Waals surface area contributed by atoms with Crippen LogP contribution in [0.2, 0.25) is 0 Å². The van der Waals surface area contributed by atoms with Crippen molar-refractivity contribution in [1.29, 1.82) is 0 Å². The van der Waals surface area contributed by atoms with Crippen molar-refractivity contribution in [2.45, 2.75) is 23.8 Å². The zero-order valence-electron chi connectivity index (χ0n) is 12.2. The number of sulfonamides is 1. The number of anilines is 2. The van der Waals surface area contributed by atoms with Crippen molar-refractivity contribution in [3.05, 3.63) is 18.2 Å². The molecule has 0 spiro atoms. The van der Waals surface area contributed by atoms with Gasteiger partial charge in [-0.1, -0.05) is 0 Å². The van der Waals surface area contributed by atoms with Gasteiger partial charge >= 0.3 is 0 Å². The molecule has 6 nitrogen and oxygen atoms in total. The average molecular weight is 310 g/mol.